The first-order valence-electron chi connectivity index (χ1n) is 8.68. The molecule has 2 rings (SSSR count). The smallest absolute Gasteiger partial charge is 0.407 e. The zero-order valence-electron chi connectivity index (χ0n) is 14.6. The molecule has 0 saturated carbocycles. The van der Waals surface area contributed by atoms with Crippen LogP contribution >= 0.6 is 0 Å². The number of amides is 1. The summed E-state index contributed by atoms with van der Waals surface area (Å²) in [6.45, 7) is 7.61. The number of alkyl carbamates (subject to hydrolysis) is 1. The maximum Gasteiger partial charge on any atom is 0.407 e. The van der Waals surface area contributed by atoms with Crippen LogP contribution in [0.3, 0.4) is 0 Å². The number of carbonyl (C=O) groups is 1. The number of rotatable bonds is 5. The number of aryl methyl sites for hydroxylation is 1. The lowest BCUT2D eigenvalue weighted by Gasteiger charge is -2.33. The summed E-state index contributed by atoms with van der Waals surface area (Å²) in [4.78, 5) is 12.0. The number of hydrogen-bond acceptors (Lipinski definition) is 3. The number of carbonyl (C=O) groups excluding carboxylic acids is 1. The van der Waals surface area contributed by atoms with E-state index in [0.717, 1.165) is 38.8 Å². The van der Waals surface area contributed by atoms with Gasteiger partial charge in [-0.3, -0.25) is 0 Å². The van der Waals surface area contributed by atoms with Crippen LogP contribution in [0.1, 0.15) is 45.6 Å². The number of benzene rings is 1. The summed E-state index contributed by atoms with van der Waals surface area (Å²) in [7, 11) is 0. The first kappa shape index (κ1) is 17.8. The molecule has 1 amide bonds. The van der Waals surface area contributed by atoms with Crippen LogP contribution in [0.4, 0.5) is 4.79 Å². The Bertz CT molecular complexity index is 482. The van der Waals surface area contributed by atoms with Gasteiger partial charge in [0.25, 0.3) is 0 Å². The fourth-order valence-corrected chi connectivity index (χ4v) is 3.09. The minimum atomic E-state index is -0.445. The Morgan fingerprint density at radius 3 is 2.74 bits per heavy atom. The molecule has 1 aliphatic heterocycles. The van der Waals surface area contributed by atoms with E-state index in [1.165, 1.54) is 5.56 Å². The molecule has 0 aromatic heterocycles. The van der Waals surface area contributed by atoms with Crippen LogP contribution in [0.15, 0.2) is 30.3 Å². The molecule has 2 atom stereocenters. The van der Waals surface area contributed by atoms with Crippen molar-refractivity contribution >= 4 is 6.09 Å². The van der Waals surface area contributed by atoms with Gasteiger partial charge in [-0.2, -0.15) is 0 Å². The van der Waals surface area contributed by atoms with Crippen molar-refractivity contribution in [1.82, 2.24) is 10.6 Å². The van der Waals surface area contributed by atoms with Crippen molar-refractivity contribution in [3.63, 3.8) is 0 Å². The summed E-state index contributed by atoms with van der Waals surface area (Å²) in [6.07, 6.45) is 4.02. The minimum absolute atomic E-state index is 0.210. The first-order valence-corrected chi connectivity index (χ1v) is 8.68. The normalized spacial score (nSPS) is 21.7. The van der Waals surface area contributed by atoms with Crippen molar-refractivity contribution in [2.24, 2.45) is 5.92 Å². The van der Waals surface area contributed by atoms with Crippen molar-refractivity contribution in [2.45, 2.75) is 58.1 Å². The molecule has 1 aliphatic rings. The minimum Gasteiger partial charge on any atom is -0.444 e. The zero-order valence-corrected chi connectivity index (χ0v) is 14.6. The van der Waals surface area contributed by atoms with Gasteiger partial charge in [-0.05, 0) is 71.0 Å². The number of nitrogens with one attached hydrogen (secondary N) is 2. The van der Waals surface area contributed by atoms with Crippen LogP contribution in [0.2, 0.25) is 0 Å². The van der Waals surface area contributed by atoms with E-state index < -0.39 is 5.60 Å². The molecule has 1 aromatic rings. The maximum absolute atomic E-state index is 12.0. The molecule has 0 spiro atoms. The summed E-state index contributed by atoms with van der Waals surface area (Å²) < 4.78 is 5.39. The molecular weight excluding hydrogens is 288 g/mol. The van der Waals surface area contributed by atoms with Crippen LogP contribution in [0.5, 0.6) is 0 Å². The van der Waals surface area contributed by atoms with E-state index in [2.05, 4.69) is 41.0 Å². The summed E-state index contributed by atoms with van der Waals surface area (Å²) in [5, 5.41) is 6.52. The average Bonchev–Trinajstić information content (AvgIpc) is 2.48. The standard InChI is InChI=1S/C19H30N2O2/c1-19(2,3)23-18(22)21-17-12-13-20-14-16(17)11-7-10-15-8-5-4-6-9-15/h4-6,8-9,16-17,20H,7,10-14H2,1-3H3,(H,21,22)/t16-,17+/m0/s1. The van der Waals surface area contributed by atoms with Gasteiger partial charge >= 0.3 is 6.09 Å². The largest absolute Gasteiger partial charge is 0.444 e. The Morgan fingerprint density at radius 1 is 1.30 bits per heavy atom. The molecule has 0 aliphatic carbocycles. The van der Waals surface area contributed by atoms with E-state index in [1.807, 2.05) is 20.8 Å². The van der Waals surface area contributed by atoms with Gasteiger partial charge in [0.2, 0.25) is 0 Å². The van der Waals surface area contributed by atoms with Gasteiger partial charge < -0.3 is 15.4 Å². The molecular formula is C19H30N2O2. The highest BCUT2D eigenvalue weighted by Gasteiger charge is 2.27. The lowest BCUT2D eigenvalue weighted by Crippen LogP contribution is -2.50. The molecule has 1 saturated heterocycles. The van der Waals surface area contributed by atoms with Gasteiger partial charge in [0.05, 0.1) is 0 Å². The third-order valence-corrected chi connectivity index (χ3v) is 4.19. The van der Waals surface area contributed by atoms with Crippen LogP contribution in [0, 0.1) is 5.92 Å². The maximum atomic E-state index is 12.0. The lowest BCUT2D eigenvalue weighted by molar-refractivity contribution is 0.0471. The molecule has 1 heterocycles. The molecule has 0 radical (unpaired) electrons. The van der Waals surface area contributed by atoms with Crippen molar-refractivity contribution in [3.8, 4) is 0 Å². The summed E-state index contributed by atoms with van der Waals surface area (Å²) in [5.41, 5.74) is 0.938. The molecule has 0 unspecified atom stereocenters. The topological polar surface area (TPSA) is 50.4 Å². The SMILES string of the molecule is CC(C)(C)OC(=O)N[C@@H]1CCNC[C@@H]1CCCc1ccccc1. The first-order chi connectivity index (χ1) is 10.9. The lowest BCUT2D eigenvalue weighted by atomic mass is 9.88. The van der Waals surface area contributed by atoms with Crippen LogP contribution in [-0.4, -0.2) is 30.8 Å². The van der Waals surface area contributed by atoms with E-state index in [1.54, 1.807) is 0 Å². The molecule has 2 N–H and O–H groups in total. The van der Waals surface area contributed by atoms with Gasteiger partial charge in [0.15, 0.2) is 0 Å². The Labute approximate surface area is 140 Å². The molecule has 4 heteroatoms. The second-order valence-corrected chi connectivity index (χ2v) is 7.38. The van der Waals surface area contributed by atoms with E-state index in [0.29, 0.717) is 5.92 Å². The predicted molar refractivity (Wildman–Crippen MR) is 93.5 cm³/mol. The highest BCUT2D eigenvalue weighted by atomic mass is 16.6. The van der Waals surface area contributed by atoms with Gasteiger partial charge in [-0.25, -0.2) is 4.79 Å². The van der Waals surface area contributed by atoms with Crippen molar-refractivity contribution in [3.05, 3.63) is 35.9 Å². The quantitative estimate of drug-likeness (QED) is 0.873. The van der Waals surface area contributed by atoms with Crippen LogP contribution in [-0.2, 0) is 11.2 Å². The van der Waals surface area contributed by atoms with Gasteiger partial charge in [-0.1, -0.05) is 30.3 Å². The molecule has 1 aromatic carbocycles. The summed E-state index contributed by atoms with van der Waals surface area (Å²) in [6, 6.07) is 10.8. The van der Waals surface area contributed by atoms with Crippen LogP contribution < -0.4 is 10.6 Å². The second-order valence-electron chi connectivity index (χ2n) is 7.38. The summed E-state index contributed by atoms with van der Waals surface area (Å²) in [5.74, 6) is 0.472. The molecule has 23 heavy (non-hydrogen) atoms. The van der Waals surface area contributed by atoms with Gasteiger partial charge in [-0.15, -0.1) is 0 Å². The summed E-state index contributed by atoms with van der Waals surface area (Å²) >= 11 is 0. The Morgan fingerprint density at radius 2 is 2.04 bits per heavy atom. The fourth-order valence-electron chi connectivity index (χ4n) is 3.09. The number of piperidine rings is 1. The average molecular weight is 318 g/mol. The van der Waals surface area contributed by atoms with E-state index in [4.69, 9.17) is 4.74 Å². The van der Waals surface area contributed by atoms with Crippen LogP contribution in [0.25, 0.3) is 0 Å². The zero-order chi connectivity index (χ0) is 16.7. The molecule has 128 valence electrons. The van der Waals surface area contributed by atoms with Crippen molar-refractivity contribution in [1.29, 1.82) is 0 Å². The Hall–Kier alpha value is -1.55. The predicted octanol–water partition coefficient (Wildman–Crippen LogP) is 3.51. The van der Waals surface area contributed by atoms with E-state index in [-0.39, 0.29) is 12.1 Å². The van der Waals surface area contributed by atoms with Gasteiger partial charge in [0.1, 0.15) is 5.60 Å². The monoisotopic (exact) mass is 318 g/mol. The molecule has 0 bridgehead atoms. The fraction of sp³-hybridized carbons (Fsp3) is 0.632. The highest BCUT2D eigenvalue weighted by molar-refractivity contribution is 5.68. The highest BCUT2D eigenvalue weighted by Crippen LogP contribution is 2.19. The third-order valence-electron chi connectivity index (χ3n) is 4.19. The Kier molecular flexibility index (Phi) is 6.46. The molecule has 4 nitrogen and oxygen atoms in total. The van der Waals surface area contributed by atoms with Crippen molar-refractivity contribution in [2.75, 3.05) is 13.1 Å². The van der Waals surface area contributed by atoms with E-state index in [9.17, 15) is 4.79 Å². The number of ether oxygens (including phenoxy) is 1. The van der Waals surface area contributed by atoms with Crippen molar-refractivity contribution < 1.29 is 9.53 Å². The third kappa shape index (κ3) is 6.61. The number of hydrogen-bond donors (Lipinski definition) is 2. The Balaban J connectivity index is 1.80. The van der Waals surface area contributed by atoms with Gasteiger partial charge in [0, 0.05) is 6.04 Å². The second kappa shape index (κ2) is 8.34. The van der Waals surface area contributed by atoms with E-state index >= 15 is 0 Å². The molecule has 1 fully saturated rings.